The van der Waals surface area contributed by atoms with E-state index in [1.165, 1.54) is 51.4 Å². The monoisotopic (exact) mass is 414 g/mol. The first-order valence-electron chi connectivity index (χ1n) is 12.4. The summed E-state index contributed by atoms with van der Waals surface area (Å²) >= 11 is 0. The minimum absolute atomic E-state index is 0.487. The number of hydrogen-bond donors (Lipinski definition) is 0. The molecule has 2 aliphatic carbocycles. The summed E-state index contributed by atoms with van der Waals surface area (Å²) < 4.78 is 28.9. The van der Waals surface area contributed by atoms with E-state index in [-0.39, 0.29) is 0 Å². The standard InChI is InChI=1S/C28H40F2/c1-3-5-6-8-21-9-11-22(12-10-21)13-14-23-15-17-24(18-16-23)26-20-19-25(7-4-2)27(29)28(26)30/h3,17,19-23H,1,4-16,18H2,2H3. The van der Waals surface area contributed by atoms with E-state index in [9.17, 15) is 8.78 Å². The lowest BCUT2D eigenvalue weighted by Gasteiger charge is -2.30. The Morgan fingerprint density at radius 3 is 2.27 bits per heavy atom. The van der Waals surface area contributed by atoms with Gasteiger partial charge in [0, 0.05) is 5.56 Å². The van der Waals surface area contributed by atoms with Crippen LogP contribution in [0.2, 0.25) is 0 Å². The van der Waals surface area contributed by atoms with E-state index in [4.69, 9.17) is 0 Å². The molecule has 2 aliphatic rings. The van der Waals surface area contributed by atoms with Crippen LogP contribution >= 0.6 is 0 Å². The first kappa shape index (κ1) is 23.2. The fraction of sp³-hybridized carbons (Fsp3) is 0.643. The quantitative estimate of drug-likeness (QED) is 0.264. The van der Waals surface area contributed by atoms with Crippen LogP contribution in [-0.4, -0.2) is 0 Å². The van der Waals surface area contributed by atoms with E-state index in [2.05, 4.69) is 12.7 Å². The smallest absolute Gasteiger partial charge is 0.166 e. The van der Waals surface area contributed by atoms with Gasteiger partial charge in [0.1, 0.15) is 0 Å². The Kier molecular flexibility index (Phi) is 9.15. The number of benzene rings is 1. The minimum Gasteiger partial charge on any atom is -0.203 e. The third-order valence-corrected chi connectivity index (χ3v) is 7.52. The second-order valence-electron chi connectivity index (χ2n) is 9.70. The molecule has 1 unspecified atom stereocenters. The van der Waals surface area contributed by atoms with Crippen molar-refractivity contribution in [2.45, 2.75) is 96.8 Å². The lowest BCUT2D eigenvalue weighted by atomic mass is 9.76. The molecule has 0 amide bonds. The van der Waals surface area contributed by atoms with Crippen LogP contribution in [0, 0.1) is 29.4 Å². The first-order valence-corrected chi connectivity index (χ1v) is 12.4. The molecule has 0 aliphatic heterocycles. The van der Waals surface area contributed by atoms with Crippen molar-refractivity contribution in [1.82, 2.24) is 0 Å². The summed E-state index contributed by atoms with van der Waals surface area (Å²) in [7, 11) is 0. The molecule has 30 heavy (non-hydrogen) atoms. The topological polar surface area (TPSA) is 0 Å². The fourth-order valence-corrected chi connectivity index (χ4v) is 5.53. The summed E-state index contributed by atoms with van der Waals surface area (Å²) in [6.45, 7) is 5.82. The van der Waals surface area contributed by atoms with Crippen molar-refractivity contribution in [2.75, 3.05) is 0 Å². The first-order chi connectivity index (χ1) is 14.6. The van der Waals surface area contributed by atoms with Gasteiger partial charge in [0.15, 0.2) is 11.6 Å². The number of aryl methyl sites for hydroxylation is 1. The maximum Gasteiger partial charge on any atom is 0.166 e. The van der Waals surface area contributed by atoms with Crippen LogP contribution < -0.4 is 0 Å². The highest BCUT2D eigenvalue weighted by Gasteiger charge is 2.24. The van der Waals surface area contributed by atoms with Gasteiger partial charge in [-0.15, -0.1) is 6.58 Å². The molecular weight excluding hydrogens is 374 g/mol. The Hall–Kier alpha value is -1.44. The van der Waals surface area contributed by atoms with Gasteiger partial charge in [-0.3, -0.25) is 0 Å². The Morgan fingerprint density at radius 2 is 1.63 bits per heavy atom. The molecule has 3 rings (SSSR count). The molecule has 0 radical (unpaired) electrons. The van der Waals surface area contributed by atoms with Crippen LogP contribution in [0.5, 0.6) is 0 Å². The van der Waals surface area contributed by atoms with Crippen LogP contribution in [0.3, 0.4) is 0 Å². The summed E-state index contributed by atoms with van der Waals surface area (Å²) in [5.41, 5.74) is 2.00. The lowest BCUT2D eigenvalue weighted by molar-refractivity contribution is 0.236. The summed E-state index contributed by atoms with van der Waals surface area (Å²) in [4.78, 5) is 0. The second-order valence-corrected chi connectivity index (χ2v) is 9.70. The zero-order valence-electron chi connectivity index (χ0n) is 18.9. The zero-order chi connectivity index (χ0) is 21.3. The third kappa shape index (κ3) is 6.28. The second kappa shape index (κ2) is 11.8. The average Bonchev–Trinajstić information content (AvgIpc) is 2.77. The summed E-state index contributed by atoms with van der Waals surface area (Å²) in [5.74, 6) is 1.28. The van der Waals surface area contributed by atoms with Crippen LogP contribution in [-0.2, 0) is 6.42 Å². The summed E-state index contributed by atoms with van der Waals surface area (Å²) in [6.07, 6.45) is 20.8. The van der Waals surface area contributed by atoms with E-state index in [0.717, 1.165) is 49.5 Å². The molecule has 0 aromatic heterocycles. The van der Waals surface area contributed by atoms with Gasteiger partial charge in [-0.05, 0) is 73.8 Å². The van der Waals surface area contributed by atoms with Crippen molar-refractivity contribution < 1.29 is 8.78 Å². The largest absolute Gasteiger partial charge is 0.203 e. The van der Waals surface area contributed by atoms with E-state index < -0.39 is 11.6 Å². The Morgan fingerprint density at radius 1 is 0.933 bits per heavy atom. The molecule has 1 aromatic rings. The van der Waals surface area contributed by atoms with Crippen LogP contribution in [0.4, 0.5) is 8.78 Å². The average molecular weight is 415 g/mol. The molecular formula is C28H40F2. The SMILES string of the molecule is C=CCCCC1CCC(CCC2CC=C(c3ccc(CCC)c(F)c3F)CC2)CC1. The molecule has 0 nitrogen and oxygen atoms in total. The zero-order valence-corrected chi connectivity index (χ0v) is 18.9. The molecule has 0 spiro atoms. The Labute approximate surface area is 182 Å². The molecule has 2 heteroatoms. The fourth-order valence-electron chi connectivity index (χ4n) is 5.53. The number of halogens is 2. The number of allylic oxidation sites excluding steroid dienone is 3. The molecule has 1 aromatic carbocycles. The Bertz CT molecular complexity index is 710. The maximum atomic E-state index is 14.6. The molecule has 0 saturated heterocycles. The van der Waals surface area contributed by atoms with Crippen LogP contribution in [0.1, 0.15) is 102 Å². The van der Waals surface area contributed by atoms with Crippen LogP contribution in [0.25, 0.3) is 5.57 Å². The van der Waals surface area contributed by atoms with Crippen molar-refractivity contribution in [3.63, 3.8) is 0 Å². The molecule has 1 fully saturated rings. The molecule has 1 atom stereocenters. The van der Waals surface area contributed by atoms with E-state index in [1.54, 1.807) is 12.1 Å². The molecule has 166 valence electrons. The minimum atomic E-state index is -0.643. The van der Waals surface area contributed by atoms with Crippen molar-refractivity contribution >= 4 is 5.57 Å². The number of unbranched alkanes of at least 4 members (excludes halogenated alkanes) is 1. The van der Waals surface area contributed by atoms with Gasteiger partial charge >= 0.3 is 0 Å². The van der Waals surface area contributed by atoms with Gasteiger partial charge in [0.25, 0.3) is 0 Å². The molecule has 0 bridgehead atoms. The lowest BCUT2D eigenvalue weighted by Crippen LogP contribution is -2.16. The van der Waals surface area contributed by atoms with Crippen molar-refractivity contribution in [3.8, 4) is 0 Å². The van der Waals surface area contributed by atoms with Gasteiger partial charge in [-0.25, -0.2) is 8.78 Å². The van der Waals surface area contributed by atoms with Crippen LogP contribution in [0.15, 0.2) is 30.9 Å². The summed E-state index contributed by atoms with van der Waals surface area (Å²) in [5, 5.41) is 0. The third-order valence-electron chi connectivity index (χ3n) is 7.52. The number of rotatable bonds is 10. The highest BCUT2D eigenvalue weighted by molar-refractivity contribution is 5.67. The van der Waals surface area contributed by atoms with Crippen molar-refractivity contribution in [1.29, 1.82) is 0 Å². The van der Waals surface area contributed by atoms with Gasteiger partial charge in [0.05, 0.1) is 0 Å². The van der Waals surface area contributed by atoms with E-state index >= 15 is 0 Å². The van der Waals surface area contributed by atoms with Crippen molar-refractivity contribution in [2.24, 2.45) is 17.8 Å². The van der Waals surface area contributed by atoms with Gasteiger partial charge in [-0.1, -0.05) is 76.2 Å². The highest BCUT2D eigenvalue weighted by atomic mass is 19.2. The van der Waals surface area contributed by atoms with Gasteiger partial charge in [-0.2, -0.15) is 0 Å². The van der Waals surface area contributed by atoms with Gasteiger partial charge in [0.2, 0.25) is 0 Å². The Balaban J connectivity index is 1.43. The summed E-state index contributed by atoms with van der Waals surface area (Å²) in [6, 6.07) is 3.57. The predicted molar refractivity (Wildman–Crippen MR) is 124 cm³/mol. The molecule has 0 heterocycles. The molecule has 0 N–H and O–H groups in total. The van der Waals surface area contributed by atoms with Gasteiger partial charge < -0.3 is 0 Å². The maximum absolute atomic E-state index is 14.6. The van der Waals surface area contributed by atoms with E-state index in [1.807, 2.05) is 13.0 Å². The van der Waals surface area contributed by atoms with E-state index in [0.29, 0.717) is 23.5 Å². The van der Waals surface area contributed by atoms with Crippen molar-refractivity contribution in [3.05, 3.63) is 53.6 Å². The number of hydrogen-bond acceptors (Lipinski definition) is 0. The molecule has 1 saturated carbocycles. The predicted octanol–water partition coefficient (Wildman–Crippen LogP) is 9.04. The highest BCUT2D eigenvalue weighted by Crippen LogP contribution is 2.38. The normalized spacial score (nSPS) is 24.5.